The van der Waals surface area contributed by atoms with Crippen molar-refractivity contribution in [3.8, 4) is 0 Å². The molecule has 80 valence electrons. The summed E-state index contributed by atoms with van der Waals surface area (Å²) in [6.45, 7) is 2.10. The summed E-state index contributed by atoms with van der Waals surface area (Å²) in [6, 6.07) is 0.438. The van der Waals surface area contributed by atoms with Crippen LogP contribution in [0.5, 0.6) is 0 Å². The molecule has 3 nitrogen and oxygen atoms in total. The molecule has 0 aliphatic carbocycles. The molecule has 0 fully saturated rings. The SMILES string of the molecule is CS[CH2][Sn+2][CH2]CC(C)N.C[O-].C[O-]. The minimum Gasteiger partial charge on any atom is -0.857 e. The zero-order valence-corrected chi connectivity index (χ0v) is 12.7. The van der Waals surface area contributed by atoms with E-state index in [1.807, 2.05) is 11.8 Å². The molecule has 0 aromatic carbocycles. The van der Waals surface area contributed by atoms with Crippen LogP contribution < -0.4 is 15.9 Å². The fourth-order valence-electron chi connectivity index (χ4n) is 0.504. The molecule has 0 aromatic rings. The number of hydrogen-bond donors (Lipinski definition) is 1. The van der Waals surface area contributed by atoms with Crippen molar-refractivity contribution in [3.63, 3.8) is 0 Å². The normalized spacial score (nSPS) is 9.77. The third-order valence-corrected chi connectivity index (χ3v) is 7.57. The van der Waals surface area contributed by atoms with E-state index in [1.54, 1.807) is 0 Å². The number of rotatable bonds is 5. The second kappa shape index (κ2) is 23.1. The summed E-state index contributed by atoms with van der Waals surface area (Å²) in [7, 11) is 1.50. The smallest absolute Gasteiger partial charge is 0.153 e. The van der Waals surface area contributed by atoms with Crippen LogP contribution in [0.2, 0.25) is 4.44 Å². The Morgan fingerprint density at radius 1 is 1.31 bits per heavy atom. The van der Waals surface area contributed by atoms with Crippen LogP contribution in [-0.2, 0) is 0 Å². The van der Waals surface area contributed by atoms with Crippen molar-refractivity contribution >= 4 is 32.9 Å². The van der Waals surface area contributed by atoms with Crippen molar-refractivity contribution in [3.05, 3.63) is 0 Å². The van der Waals surface area contributed by atoms with Crippen LogP contribution in [0.25, 0.3) is 0 Å². The van der Waals surface area contributed by atoms with Crippen molar-refractivity contribution in [1.29, 1.82) is 0 Å². The number of nitrogens with two attached hydrogens (primary N) is 1. The van der Waals surface area contributed by atoms with E-state index in [9.17, 15) is 0 Å². The van der Waals surface area contributed by atoms with Crippen LogP contribution in [0, 0.1) is 0 Å². The van der Waals surface area contributed by atoms with Gasteiger partial charge in [0.15, 0.2) is 0 Å². The molecule has 0 rings (SSSR count). The first-order chi connectivity index (χ1) is 6.27. The predicted molar refractivity (Wildman–Crippen MR) is 59.1 cm³/mol. The Labute approximate surface area is 96.7 Å². The van der Waals surface area contributed by atoms with Crippen LogP contribution in [0.15, 0.2) is 0 Å². The van der Waals surface area contributed by atoms with E-state index in [0.29, 0.717) is 6.04 Å². The van der Waals surface area contributed by atoms with Crippen molar-refractivity contribution in [2.45, 2.75) is 23.8 Å². The molecular formula is C8H21NO2SSn. The minimum atomic E-state index is 0.0116. The van der Waals surface area contributed by atoms with Gasteiger partial charge in [-0.1, -0.05) is 0 Å². The largest absolute Gasteiger partial charge is 0.857 e. The van der Waals surface area contributed by atoms with Gasteiger partial charge in [0.05, 0.1) is 0 Å². The monoisotopic (exact) mass is 315 g/mol. The maximum absolute atomic E-state index is 8.25. The molecule has 2 N–H and O–H groups in total. The number of thioether (sulfide) groups is 1. The molecule has 0 heterocycles. The molecule has 0 aromatic heterocycles. The van der Waals surface area contributed by atoms with E-state index < -0.39 is 0 Å². The van der Waals surface area contributed by atoms with Crippen molar-refractivity contribution < 1.29 is 10.2 Å². The Morgan fingerprint density at radius 2 is 1.77 bits per heavy atom. The van der Waals surface area contributed by atoms with Crippen LogP contribution in [0.4, 0.5) is 0 Å². The van der Waals surface area contributed by atoms with E-state index in [-0.39, 0.29) is 21.1 Å². The summed E-state index contributed by atoms with van der Waals surface area (Å²) in [6.07, 6.45) is 3.44. The molecule has 0 amide bonds. The zero-order valence-electron chi connectivity index (χ0n) is 9.00. The Balaban J connectivity index is -0.000000218. The van der Waals surface area contributed by atoms with E-state index >= 15 is 0 Å². The summed E-state index contributed by atoms with van der Waals surface area (Å²) in [5.41, 5.74) is 5.60. The van der Waals surface area contributed by atoms with E-state index in [0.717, 1.165) is 14.2 Å². The van der Waals surface area contributed by atoms with Crippen LogP contribution >= 0.6 is 11.8 Å². The van der Waals surface area contributed by atoms with E-state index in [2.05, 4.69) is 13.2 Å². The van der Waals surface area contributed by atoms with Crippen molar-refractivity contribution in [2.24, 2.45) is 5.73 Å². The van der Waals surface area contributed by atoms with Crippen LogP contribution in [0.3, 0.4) is 0 Å². The first-order valence-electron chi connectivity index (χ1n) is 4.04. The van der Waals surface area contributed by atoms with Crippen molar-refractivity contribution in [1.82, 2.24) is 0 Å². The molecule has 0 spiro atoms. The molecule has 0 radical (unpaired) electrons. The van der Waals surface area contributed by atoms with Gasteiger partial charge >= 0.3 is 72.5 Å². The fourth-order valence-corrected chi connectivity index (χ4v) is 5.72. The van der Waals surface area contributed by atoms with Gasteiger partial charge in [-0.25, -0.2) is 0 Å². The fraction of sp³-hybridized carbons (Fsp3) is 1.00. The van der Waals surface area contributed by atoms with Gasteiger partial charge < -0.3 is 10.2 Å². The molecule has 0 saturated carbocycles. The second-order valence-electron chi connectivity index (χ2n) is 2.20. The molecule has 0 aliphatic heterocycles. The molecule has 0 aliphatic rings. The standard InChI is InChI=1S/C4H10N.C2H5S.2CH3O.Sn/c1-3-4(2)5;1-3-2;2*1-2;/h4H,1,3,5H2,2H3;1H2,2H3;2*1H3;/q;;2*-1;+2. The molecule has 0 saturated heterocycles. The summed E-state index contributed by atoms with van der Waals surface area (Å²) >= 11 is 2.00. The quantitative estimate of drug-likeness (QED) is 0.528. The van der Waals surface area contributed by atoms with Gasteiger partial charge in [-0.3, -0.25) is 0 Å². The first kappa shape index (κ1) is 19.6. The summed E-state index contributed by atoms with van der Waals surface area (Å²) in [4.78, 5) is 0. The molecule has 0 bridgehead atoms. The van der Waals surface area contributed by atoms with E-state index in [1.165, 1.54) is 14.6 Å². The summed E-state index contributed by atoms with van der Waals surface area (Å²) in [5, 5.41) is 16.5. The maximum atomic E-state index is 8.25. The Hall–Kier alpha value is 1.03. The molecular weight excluding hydrogens is 293 g/mol. The van der Waals surface area contributed by atoms with Gasteiger partial charge in [-0.15, -0.1) is 0 Å². The van der Waals surface area contributed by atoms with Crippen LogP contribution in [0.1, 0.15) is 13.3 Å². The average molecular weight is 314 g/mol. The topological polar surface area (TPSA) is 72.1 Å². The van der Waals surface area contributed by atoms with Gasteiger partial charge in [-0.05, 0) is 0 Å². The van der Waals surface area contributed by atoms with Gasteiger partial charge in [0, 0.05) is 0 Å². The van der Waals surface area contributed by atoms with Gasteiger partial charge in [0.2, 0.25) is 0 Å². The Bertz CT molecular complexity index is 68.1. The first-order valence-corrected chi connectivity index (χ1v) is 9.47. The predicted octanol–water partition coefficient (Wildman–Crippen LogP) is -0.880. The van der Waals surface area contributed by atoms with Gasteiger partial charge in [0.1, 0.15) is 0 Å². The zero-order chi connectivity index (χ0) is 11.1. The Kier molecular flexibility index (Phi) is 34.8. The average Bonchev–Trinajstić information content (AvgIpc) is 2.19. The Morgan fingerprint density at radius 3 is 2.08 bits per heavy atom. The van der Waals surface area contributed by atoms with E-state index in [4.69, 9.17) is 15.9 Å². The molecule has 1 unspecified atom stereocenters. The van der Waals surface area contributed by atoms with Gasteiger partial charge in [-0.2, -0.15) is 14.2 Å². The van der Waals surface area contributed by atoms with Crippen LogP contribution in [-0.4, -0.2) is 51.4 Å². The summed E-state index contributed by atoms with van der Waals surface area (Å²) < 4.78 is 2.91. The molecule has 1 atom stereocenters. The second-order valence-corrected chi connectivity index (χ2v) is 8.39. The number of hydrogen-bond acceptors (Lipinski definition) is 4. The third kappa shape index (κ3) is 32.1. The molecule has 5 heteroatoms. The molecule has 13 heavy (non-hydrogen) atoms. The minimum absolute atomic E-state index is 0.0116. The van der Waals surface area contributed by atoms with Crippen molar-refractivity contribution in [2.75, 3.05) is 24.2 Å². The maximum Gasteiger partial charge on any atom is -0.153 e. The third-order valence-electron chi connectivity index (χ3n) is 1.02. The summed E-state index contributed by atoms with van der Waals surface area (Å²) in [5.74, 6) is 0. The van der Waals surface area contributed by atoms with Gasteiger partial charge in [0.25, 0.3) is 0 Å².